The molecule has 0 bridgehead atoms. The number of fused-ring (bicyclic) bond motifs is 1. The van der Waals surface area contributed by atoms with Crippen LogP contribution in [0.3, 0.4) is 0 Å². The summed E-state index contributed by atoms with van der Waals surface area (Å²) in [6.45, 7) is 0. The summed E-state index contributed by atoms with van der Waals surface area (Å²) in [5.74, 6) is -0.252. The average molecular weight is 333 g/mol. The fourth-order valence-electron chi connectivity index (χ4n) is 2.98. The van der Waals surface area contributed by atoms with Crippen molar-refractivity contribution in [1.82, 2.24) is 14.9 Å². The molecule has 23 heavy (non-hydrogen) atoms. The maximum Gasteiger partial charge on any atom is 0.261 e. The predicted molar refractivity (Wildman–Crippen MR) is 90.1 cm³/mol. The Morgan fingerprint density at radius 3 is 2.87 bits per heavy atom. The summed E-state index contributed by atoms with van der Waals surface area (Å²) < 4.78 is 1.67. The van der Waals surface area contributed by atoms with Crippen LogP contribution in [-0.4, -0.2) is 32.7 Å². The molecule has 3 rings (SSSR count). The van der Waals surface area contributed by atoms with Crippen molar-refractivity contribution in [2.75, 3.05) is 0 Å². The van der Waals surface area contributed by atoms with E-state index in [0.717, 1.165) is 19.3 Å². The smallest absolute Gasteiger partial charge is 0.261 e. The van der Waals surface area contributed by atoms with Gasteiger partial charge in [0.15, 0.2) is 4.77 Å². The summed E-state index contributed by atoms with van der Waals surface area (Å²) in [5, 5.41) is 13.3. The molecule has 0 aliphatic heterocycles. The minimum Gasteiger partial charge on any atom is -0.391 e. The second kappa shape index (κ2) is 6.25. The number of aliphatic hydroxyl groups is 1. The van der Waals surface area contributed by atoms with Crippen molar-refractivity contribution in [3.63, 3.8) is 0 Å². The maximum atomic E-state index is 12.4. The number of hydrogen-bond donors (Lipinski definition) is 3. The molecule has 1 aromatic heterocycles. The molecule has 1 saturated carbocycles. The number of aliphatic hydroxyl groups excluding tert-OH is 1. The minimum absolute atomic E-state index is 0.196. The second-order valence-corrected chi connectivity index (χ2v) is 6.37. The summed E-state index contributed by atoms with van der Waals surface area (Å²) in [4.78, 5) is 27.5. The number of hydrogen-bond acceptors (Lipinski definition) is 4. The molecule has 3 N–H and O–H groups in total. The van der Waals surface area contributed by atoms with E-state index in [-0.39, 0.29) is 17.5 Å². The molecule has 2 atom stereocenters. The van der Waals surface area contributed by atoms with E-state index >= 15 is 0 Å². The van der Waals surface area contributed by atoms with Gasteiger partial charge in [0, 0.05) is 12.6 Å². The summed E-state index contributed by atoms with van der Waals surface area (Å²) >= 11 is 5.10. The van der Waals surface area contributed by atoms with Crippen LogP contribution in [0.4, 0.5) is 0 Å². The third-order valence-corrected chi connectivity index (χ3v) is 4.78. The van der Waals surface area contributed by atoms with Gasteiger partial charge < -0.3 is 15.4 Å². The van der Waals surface area contributed by atoms with Gasteiger partial charge in [-0.05, 0) is 43.3 Å². The van der Waals surface area contributed by atoms with Crippen molar-refractivity contribution in [3.8, 4) is 0 Å². The molecule has 6 nitrogen and oxygen atoms in total. The number of carbonyl (C=O) groups excluding carboxylic acids is 1. The predicted octanol–water partition coefficient (Wildman–Crippen LogP) is 1.63. The topological polar surface area (TPSA) is 87.1 Å². The Balaban J connectivity index is 1.91. The Morgan fingerprint density at radius 1 is 1.39 bits per heavy atom. The monoisotopic (exact) mass is 333 g/mol. The molecule has 1 heterocycles. The van der Waals surface area contributed by atoms with E-state index in [1.807, 2.05) is 0 Å². The molecule has 7 heteroatoms. The zero-order chi connectivity index (χ0) is 16.6. The lowest BCUT2D eigenvalue weighted by Gasteiger charge is -2.28. The molecule has 1 amide bonds. The third-order valence-electron chi connectivity index (χ3n) is 4.41. The Bertz CT molecular complexity index is 871. The van der Waals surface area contributed by atoms with Crippen molar-refractivity contribution in [1.29, 1.82) is 0 Å². The van der Waals surface area contributed by atoms with Gasteiger partial charge in [-0.3, -0.25) is 14.2 Å². The van der Waals surface area contributed by atoms with Gasteiger partial charge >= 0.3 is 0 Å². The fourth-order valence-corrected chi connectivity index (χ4v) is 3.17. The van der Waals surface area contributed by atoms with E-state index < -0.39 is 6.10 Å². The molecular weight excluding hydrogens is 314 g/mol. The van der Waals surface area contributed by atoms with Gasteiger partial charge in [-0.2, -0.15) is 0 Å². The van der Waals surface area contributed by atoms with Gasteiger partial charge in [0.05, 0.1) is 23.0 Å². The van der Waals surface area contributed by atoms with Gasteiger partial charge in [-0.15, -0.1) is 0 Å². The number of carbonyl (C=O) groups is 1. The lowest BCUT2D eigenvalue weighted by atomic mass is 9.92. The molecule has 0 saturated heterocycles. The van der Waals surface area contributed by atoms with Gasteiger partial charge in [0.25, 0.3) is 11.5 Å². The highest BCUT2D eigenvalue weighted by Gasteiger charge is 2.24. The number of benzene rings is 1. The van der Waals surface area contributed by atoms with Gasteiger partial charge in [-0.1, -0.05) is 12.8 Å². The summed E-state index contributed by atoms with van der Waals surface area (Å²) in [6.07, 6.45) is 2.99. The number of H-pyrrole nitrogens is 1. The molecule has 122 valence electrons. The number of amides is 1. The van der Waals surface area contributed by atoms with Gasteiger partial charge in [-0.25, -0.2) is 0 Å². The highest BCUT2D eigenvalue weighted by Crippen LogP contribution is 2.19. The van der Waals surface area contributed by atoms with E-state index in [0.29, 0.717) is 27.7 Å². The van der Waals surface area contributed by atoms with Crippen LogP contribution in [0.2, 0.25) is 0 Å². The molecule has 0 radical (unpaired) electrons. The van der Waals surface area contributed by atoms with Crippen LogP contribution in [-0.2, 0) is 7.05 Å². The zero-order valence-corrected chi connectivity index (χ0v) is 13.7. The molecular formula is C16H19N3O3S. The molecule has 1 aliphatic carbocycles. The van der Waals surface area contributed by atoms with Crippen molar-refractivity contribution in [2.24, 2.45) is 7.05 Å². The largest absolute Gasteiger partial charge is 0.391 e. The Hall–Kier alpha value is -1.99. The van der Waals surface area contributed by atoms with Gasteiger partial charge in [0.1, 0.15) is 0 Å². The molecule has 1 aromatic carbocycles. The molecule has 1 fully saturated rings. The molecule has 1 aliphatic rings. The standard InChI is InChI=1S/C16H19N3O3S/c1-19-15(22)10-7-6-9(8-12(10)18-16(19)23)14(21)17-11-4-2-3-5-13(11)20/h6-8,11,13,20H,2-5H2,1H3,(H,17,21)(H,18,23)/t11-,13-/m1/s1. The van der Waals surface area contributed by atoms with Crippen LogP contribution in [0.5, 0.6) is 0 Å². The minimum atomic E-state index is -0.494. The number of rotatable bonds is 2. The Labute approximate surface area is 138 Å². The first kappa shape index (κ1) is 15.9. The van der Waals surface area contributed by atoms with E-state index in [4.69, 9.17) is 12.2 Å². The molecule has 0 unspecified atom stereocenters. The Morgan fingerprint density at radius 2 is 2.13 bits per heavy atom. The van der Waals surface area contributed by atoms with Crippen LogP contribution < -0.4 is 10.9 Å². The number of aromatic nitrogens is 2. The third kappa shape index (κ3) is 3.07. The van der Waals surface area contributed by atoms with E-state index in [9.17, 15) is 14.7 Å². The van der Waals surface area contributed by atoms with Crippen LogP contribution in [0.25, 0.3) is 10.9 Å². The zero-order valence-electron chi connectivity index (χ0n) is 12.8. The van der Waals surface area contributed by atoms with Crippen molar-refractivity contribution in [3.05, 3.63) is 38.9 Å². The van der Waals surface area contributed by atoms with Gasteiger partial charge in [0.2, 0.25) is 0 Å². The normalized spacial score (nSPS) is 21.3. The second-order valence-electron chi connectivity index (χ2n) is 5.99. The van der Waals surface area contributed by atoms with Crippen molar-refractivity contribution < 1.29 is 9.90 Å². The first-order valence-electron chi connectivity index (χ1n) is 7.69. The molecule has 0 spiro atoms. The average Bonchev–Trinajstić information content (AvgIpc) is 2.54. The lowest BCUT2D eigenvalue weighted by Crippen LogP contribution is -2.45. The summed E-state index contributed by atoms with van der Waals surface area (Å²) in [5.41, 5.74) is 0.780. The quantitative estimate of drug-likeness (QED) is 0.729. The SMILES string of the molecule is Cn1c(=S)[nH]c2cc(C(=O)N[C@@H]3CCCC[C@H]3O)ccc2c1=O. The lowest BCUT2D eigenvalue weighted by molar-refractivity contribution is 0.0717. The highest BCUT2D eigenvalue weighted by atomic mass is 32.1. The number of nitrogens with one attached hydrogen (secondary N) is 2. The van der Waals surface area contributed by atoms with Crippen LogP contribution in [0, 0.1) is 4.77 Å². The van der Waals surface area contributed by atoms with Crippen molar-refractivity contribution >= 4 is 29.0 Å². The summed E-state index contributed by atoms with van der Waals surface area (Å²) in [6, 6.07) is 4.64. The molecule has 2 aromatic rings. The number of aromatic amines is 1. The van der Waals surface area contributed by atoms with E-state index in [2.05, 4.69) is 10.3 Å². The number of nitrogens with zero attached hydrogens (tertiary/aromatic N) is 1. The fraction of sp³-hybridized carbons (Fsp3) is 0.438. The first-order valence-corrected chi connectivity index (χ1v) is 8.10. The van der Waals surface area contributed by atoms with E-state index in [1.165, 1.54) is 4.57 Å². The summed E-state index contributed by atoms with van der Waals surface area (Å²) in [7, 11) is 1.60. The van der Waals surface area contributed by atoms with Crippen LogP contribution in [0.1, 0.15) is 36.0 Å². The van der Waals surface area contributed by atoms with Crippen LogP contribution in [0.15, 0.2) is 23.0 Å². The first-order chi connectivity index (χ1) is 11.0. The van der Waals surface area contributed by atoms with E-state index in [1.54, 1.807) is 25.2 Å². The van der Waals surface area contributed by atoms with Crippen molar-refractivity contribution in [2.45, 2.75) is 37.8 Å². The highest BCUT2D eigenvalue weighted by molar-refractivity contribution is 7.71. The Kier molecular flexibility index (Phi) is 4.32. The maximum absolute atomic E-state index is 12.4. The van der Waals surface area contributed by atoms with Crippen LogP contribution >= 0.6 is 12.2 Å².